The maximum absolute atomic E-state index is 14.4. The molecule has 1 aliphatic carbocycles. The minimum absolute atomic E-state index is 0.287. The molecule has 0 aliphatic heterocycles. The van der Waals surface area contributed by atoms with Gasteiger partial charge in [0.05, 0.1) is 21.6 Å². The number of halogens is 1. The van der Waals surface area contributed by atoms with Gasteiger partial charge in [-0.1, -0.05) is 17.3 Å². The molecule has 3 heterocycles. The molecule has 1 saturated carbocycles. The van der Waals surface area contributed by atoms with E-state index in [4.69, 9.17) is 9.51 Å². The molecule has 1 aliphatic rings. The Balaban J connectivity index is 1.60. The van der Waals surface area contributed by atoms with Crippen LogP contribution in [0.1, 0.15) is 44.1 Å². The van der Waals surface area contributed by atoms with Gasteiger partial charge in [0.25, 0.3) is 0 Å². The van der Waals surface area contributed by atoms with Gasteiger partial charge in [-0.15, -0.1) is 0 Å². The Morgan fingerprint density at radius 2 is 1.83 bits per heavy atom. The first-order valence-electron chi connectivity index (χ1n) is 11.9. The normalized spacial score (nSPS) is 21.0. The number of rotatable bonds is 5. The number of benzene rings is 1. The van der Waals surface area contributed by atoms with E-state index >= 15 is 0 Å². The van der Waals surface area contributed by atoms with Crippen molar-refractivity contribution in [3.8, 4) is 22.3 Å². The van der Waals surface area contributed by atoms with Crippen LogP contribution in [0.25, 0.3) is 33.3 Å². The lowest BCUT2D eigenvalue weighted by atomic mass is 9.81. The number of hydrogen-bond acceptors (Lipinski definition) is 5. The molecule has 3 aromatic heterocycles. The second-order valence-corrected chi connectivity index (χ2v) is 12.2. The van der Waals surface area contributed by atoms with Crippen molar-refractivity contribution in [2.24, 2.45) is 5.92 Å². The van der Waals surface area contributed by atoms with Crippen molar-refractivity contribution in [2.75, 3.05) is 6.26 Å². The van der Waals surface area contributed by atoms with Crippen LogP contribution in [0.4, 0.5) is 4.39 Å². The Kier molecular flexibility index (Phi) is 5.82. The smallest absolute Gasteiger partial charge is 0.175 e. The predicted octanol–water partition coefficient (Wildman–Crippen LogP) is 6.30. The fourth-order valence-electron chi connectivity index (χ4n) is 5.18. The van der Waals surface area contributed by atoms with E-state index in [-0.39, 0.29) is 4.90 Å². The third-order valence-electron chi connectivity index (χ3n) is 7.24. The van der Waals surface area contributed by atoms with Gasteiger partial charge in [0, 0.05) is 41.9 Å². The van der Waals surface area contributed by atoms with Gasteiger partial charge in [-0.05, 0) is 76.1 Å². The van der Waals surface area contributed by atoms with E-state index < -0.39 is 15.5 Å². The molecule has 0 bridgehead atoms. The first-order chi connectivity index (χ1) is 16.5. The van der Waals surface area contributed by atoms with Gasteiger partial charge in [-0.25, -0.2) is 12.8 Å². The SMILES string of the molecule is Cc1noc(C)c1-c1cnc2c(-c3ccc(S(C)(=O)=O)cc3)cn(CC3CCC(C)(F)CC3)c2c1. The van der Waals surface area contributed by atoms with E-state index in [0.717, 1.165) is 64.1 Å². The third-order valence-corrected chi connectivity index (χ3v) is 8.36. The molecule has 0 spiro atoms. The van der Waals surface area contributed by atoms with Gasteiger partial charge in [0.15, 0.2) is 9.84 Å². The van der Waals surface area contributed by atoms with Crippen molar-refractivity contribution in [2.45, 2.75) is 63.6 Å². The summed E-state index contributed by atoms with van der Waals surface area (Å²) in [6, 6.07) is 9.04. The number of nitrogens with zero attached hydrogens (tertiary/aromatic N) is 3. The Bertz CT molecular complexity index is 1470. The highest BCUT2D eigenvalue weighted by Gasteiger charge is 2.31. The number of fused-ring (bicyclic) bond motifs is 1. The maximum Gasteiger partial charge on any atom is 0.175 e. The molecule has 4 aromatic rings. The molecule has 184 valence electrons. The average molecular weight is 496 g/mol. The van der Waals surface area contributed by atoms with Gasteiger partial charge in [-0.3, -0.25) is 4.98 Å². The summed E-state index contributed by atoms with van der Waals surface area (Å²) in [6.45, 7) is 6.29. The van der Waals surface area contributed by atoms with E-state index in [1.165, 1.54) is 6.26 Å². The van der Waals surface area contributed by atoms with Crippen LogP contribution in [0.3, 0.4) is 0 Å². The second-order valence-electron chi connectivity index (χ2n) is 10.1. The zero-order valence-electron chi connectivity index (χ0n) is 20.5. The Morgan fingerprint density at radius 3 is 2.43 bits per heavy atom. The van der Waals surface area contributed by atoms with Gasteiger partial charge >= 0.3 is 0 Å². The molecule has 0 saturated heterocycles. The van der Waals surface area contributed by atoms with Crippen molar-refractivity contribution in [3.05, 3.63) is 54.2 Å². The summed E-state index contributed by atoms with van der Waals surface area (Å²) < 4.78 is 45.8. The van der Waals surface area contributed by atoms with Crippen molar-refractivity contribution < 1.29 is 17.3 Å². The quantitative estimate of drug-likeness (QED) is 0.325. The van der Waals surface area contributed by atoms with Crippen LogP contribution in [-0.4, -0.2) is 35.1 Å². The summed E-state index contributed by atoms with van der Waals surface area (Å²) in [7, 11) is -3.27. The topological polar surface area (TPSA) is 78.0 Å². The molecule has 1 aromatic carbocycles. The second kappa shape index (κ2) is 8.59. The molecular weight excluding hydrogens is 465 g/mol. The molecule has 5 rings (SSSR count). The lowest BCUT2D eigenvalue weighted by Crippen LogP contribution is -2.27. The first-order valence-corrected chi connectivity index (χ1v) is 13.8. The number of aryl methyl sites for hydroxylation is 2. The fourth-order valence-corrected chi connectivity index (χ4v) is 5.81. The minimum atomic E-state index is -3.27. The maximum atomic E-state index is 14.4. The van der Waals surface area contributed by atoms with Gasteiger partial charge in [-0.2, -0.15) is 0 Å². The number of alkyl halides is 1. The number of pyridine rings is 1. The fraction of sp³-hybridized carbons (Fsp3) is 0.407. The Hall–Kier alpha value is -3.00. The minimum Gasteiger partial charge on any atom is -0.361 e. The monoisotopic (exact) mass is 495 g/mol. The molecule has 0 N–H and O–H groups in total. The summed E-state index contributed by atoms with van der Waals surface area (Å²) in [5, 5.41) is 4.09. The van der Waals surface area contributed by atoms with Gasteiger partial charge < -0.3 is 9.09 Å². The van der Waals surface area contributed by atoms with Crippen LogP contribution in [0.2, 0.25) is 0 Å². The van der Waals surface area contributed by atoms with Gasteiger partial charge in [0.2, 0.25) is 0 Å². The van der Waals surface area contributed by atoms with Crippen molar-refractivity contribution >= 4 is 20.9 Å². The zero-order chi connectivity index (χ0) is 25.0. The lowest BCUT2D eigenvalue weighted by Gasteiger charge is -2.31. The molecule has 8 heteroatoms. The van der Waals surface area contributed by atoms with Crippen molar-refractivity contribution in [1.29, 1.82) is 0 Å². The number of aromatic nitrogens is 3. The standard InChI is InChI=1S/C27H30FN3O3S/c1-17-25(18(2)34-30-17)21-13-24-26(29-14-21)23(20-5-7-22(8-6-20)35(4,32)33)16-31(24)15-19-9-11-27(3,28)12-10-19/h5-8,13-14,16,19H,9-12,15H2,1-4H3. The number of hydrogen-bond donors (Lipinski definition) is 0. The Morgan fingerprint density at radius 1 is 1.14 bits per heavy atom. The third kappa shape index (κ3) is 4.63. The van der Waals surface area contributed by atoms with Gasteiger partial charge in [0.1, 0.15) is 11.4 Å². The first kappa shape index (κ1) is 23.7. The van der Waals surface area contributed by atoms with Crippen LogP contribution < -0.4 is 0 Å². The van der Waals surface area contributed by atoms with Crippen LogP contribution >= 0.6 is 0 Å². The Labute approximate surface area is 205 Å². The van der Waals surface area contributed by atoms with E-state index in [0.29, 0.717) is 18.8 Å². The molecule has 0 radical (unpaired) electrons. The van der Waals surface area contributed by atoms with E-state index in [9.17, 15) is 12.8 Å². The van der Waals surface area contributed by atoms with E-state index in [1.807, 2.05) is 32.2 Å². The van der Waals surface area contributed by atoms with E-state index in [1.54, 1.807) is 19.1 Å². The van der Waals surface area contributed by atoms with Crippen LogP contribution in [0, 0.1) is 19.8 Å². The number of sulfone groups is 1. The average Bonchev–Trinajstić information content (AvgIpc) is 3.33. The summed E-state index contributed by atoms with van der Waals surface area (Å²) in [5.41, 5.74) is 5.30. The molecule has 0 unspecified atom stereocenters. The highest BCUT2D eigenvalue weighted by atomic mass is 32.2. The van der Waals surface area contributed by atoms with Crippen LogP contribution in [0.5, 0.6) is 0 Å². The van der Waals surface area contributed by atoms with Crippen LogP contribution in [0.15, 0.2) is 52.1 Å². The van der Waals surface area contributed by atoms with E-state index in [2.05, 4.69) is 22.0 Å². The summed E-state index contributed by atoms with van der Waals surface area (Å²) >= 11 is 0. The zero-order valence-corrected chi connectivity index (χ0v) is 21.3. The highest BCUT2D eigenvalue weighted by Crippen LogP contribution is 2.38. The van der Waals surface area contributed by atoms with Crippen molar-refractivity contribution in [1.82, 2.24) is 14.7 Å². The van der Waals surface area contributed by atoms with Crippen LogP contribution in [-0.2, 0) is 16.4 Å². The summed E-state index contributed by atoms with van der Waals surface area (Å²) in [5.74, 6) is 1.13. The molecule has 6 nitrogen and oxygen atoms in total. The molecule has 0 atom stereocenters. The van der Waals surface area contributed by atoms with Crippen molar-refractivity contribution in [3.63, 3.8) is 0 Å². The summed E-state index contributed by atoms with van der Waals surface area (Å²) in [4.78, 5) is 5.12. The highest BCUT2D eigenvalue weighted by molar-refractivity contribution is 7.90. The largest absolute Gasteiger partial charge is 0.361 e. The summed E-state index contributed by atoms with van der Waals surface area (Å²) in [6.07, 6.45) is 8.00. The molecule has 0 amide bonds. The molecular formula is C27H30FN3O3S. The predicted molar refractivity (Wildman–Crippen MR) is 135 cm³/mol. The molecule has 1 fully saturated rings. The lowest BCUT2D eigenvalue weighted by molar-refractivity contribution is 0.0985. The molecule has 35 heavy (non-hydrogen) atoms.